The molecule has 0 aliphatic heterocycles. The molecular weight excluding hydrogens is 248 g/mol. The molecule has 2 aliphatic carbocycles. The maximum absolute atomic E-state index is 3.51. The highest BCUT2D eigenvalue weighted by molar-refractivity contribution is 9.10. The molecule has 0 radical (unpaired) electrons. The van der Waals surface area contributed by atoms with E-state index in [9.17, 15) is 0 Å². The van der Waals surface area contributed by atoms with Crippen LogP contribution in [0.1, 0.15) is 0 Å². The van der Waals surface area contributed by atoms with Crippen LogP contribution in [0.25, 0.3) is 21.9 Å². The van der Waals surface area contributed by atoms with E-state index in [1.54, 1.807) is 0 Å². The quantitative estimate of drug-likeness (QED) is 0.547. The van der Waals surface area contributed by atoms with Crippen LogP contribution in [-0.4, -0.2) is 0 Å². The second kappa shape index (κ2) is 3.35. The van der Waals surface area contributed by atoms with Crippen molar-refractivity contribution in [3.05, 3.63) is 59.1 Å². The molecule has 0 amide bonds. The van der Waals surface area contributed by atoms with Crippen LogP contribution in [0.3, 0.4) is 0 Å². The summed E-state index contributed by atoms with van der Waals surface area (Å²) in [4.78, 5) is 0. The van der Waals surface area contributed by atoms with Gasteiger partial charge in [0, 0.05) is 4.47 Å². The fraction of sp³-hybridized carbons (Fsp3) is 0. The molecule has 1 heteroatoms. The Kier molecular flexibility index (Phi) is 2.00. The van der Waals surface area contributed by atoms with Crippen molar-refractivity contribution in [2.75, 3.05) is 0 Å². The number of halogens is 1. The summed E-state index contributed by atoms with van der Waals surface area (Å²) in [7, 11) is 0. The number of fused-ring (bicyclic) bond motifs is 3. The van der Waals surface area contributed by atoms with E-state index in [-0.39, 0.29) is 0 Å². The molecule has 0 unspecified atom stereocenters. The van der Waals surface area contributed by atoms with Gasteiger partial charge in [0.05, 0.1) is 0 Å². The third-order valence-corrected chi connectivity index (χ3v) is 3.18. The van der Waals surface area contributed by atoms with E-state index in [1.807, 2.05) is 0 Å². The highest BCUT2D eigenvalue weighted by Gasteiger charge is 2.07. The van der Waals surface area contributed by atoms with Crippen molar-refractivity contribution in [2.24, 2.45) is 0 Å². The molecular formula is C14H9Br. The molecule has 0 atom stereocenters. The third-order valence-electron chi connectivity index (χ3n) is 2.69. The average Bonchev–Trinajstić information content (AvgIpc) is 2.44. The van der Waals surface area contributed by atoms with E-state index in [0.717, 1.165) is 4.47 Å². The number of hydrogen-bond donors (Lipinski definition) is 0. The van der Waals surface area contributed by atoms with Gasteiger partial charge in [0.2, 0.25) is 0 Å². The first-order valence-corrected chi connectivity index (χ1v) is 5.71. The molecule has 0 saturated carbocycles. The Morgan fingerprint density at radius 3 is 2.60 bits per heavy atom. The summed E-state index contributed by atoms with van der Waals surface area (Å²) in [6.07, 6.45) is 0. The Morgan fingerprint density at radius 1 is 0.800 bits per heavy atom. The lowest BCUT2D eigenvalue weighted by Crippen LogP contribution is -1.67. The topological polar surface area (TPSA) is 0 Å². The molecule has 0 N–H and O–H groups in total. The van der Waals surface area contributed by atoms with Gasteiger partial charge >= 0.3 is 0 Å². The lowest BCUT2D eigenvalue weighted by molar-refractivity contribution is 1.75. The summed E-state index contributed by atoms with van der Waals surface area (Å²) >= 11 is 3.51. The third kappa shape index (κ3) is 1.44. The van der Waals surface area contributed by atoms with Crippen LogP contribution in [0.4, 0.5) is 0 Å². The van der Waals surface area contributed by atoms with Gasteiger partial charge < -0.3 is 0 Å². The highest BCUT2D eigenvalue weighted by atomic mass is 79.9. The summed E-state index contributed by atoms with van der Waals surface area (Å²) in [6.45, 7) is 0. The zero-order valence-corrected chi connectivity index (χ0v) is 9.66. The van der Waals surface area contributed by atoms with Gasteiger partial charge in [-0.05, 0) is 40.1 Å². The van der Waals surface area contributed by atoms with Crippen LogP contribution in [0.15, 0.2) is 59.1 Å². The van der Waals surface area contributed by atoms with Crippen LogP contribution in [0.2, 0.25) is 0 Å². The smallest absolute Gasteiger partial charge is 0.0181 e. The minimum Gasteiger partial charge on any atom is -0.0622 e. The van der Waals surface area contributed by atoms with Crippen molar-refractivity contribution in [2.45, 2.75) is 0 Å². The Balaban J connectivity index is 2.48. The van der Waals surface area contributed by atoms with Crippen molar-refractivity contribution in [1.29, 1.82) is 0 Å². The lowest BCUT2D eigenvalue weighted by atomic mass is 10.1. The van der Waals surface area contributed by atoms with Gasteiger partial charge in [0.15, 0.2) is 0 Å². The maximum atomic E-state index is 3.51. The lowest BCUT2D eigenvalue weighted by Gasteiger charge is -1.94. The number of hydrogen-bond acceptors (Lipinski definition) is 0. The second-order valence-corrected chi connectivity index (χ2v) is 4.57. The molecule has 3 rings (SSSR count). The fourth-order valence-electron chi connectivity index (χ4n) is 1.99. The van der Waals surface area contributed by atoms with E-state index in [1.165, 1.54) is 21.9 Å². The molecule has 72 valence electrons. The van der Waals surface area contributed by atoms with Crippen LogP contribution in [0.5, 0.6) is 0 Å². The second-order valence-electron chi connectivity index (χ2n) is 3.66. The molecule has 15 heavy (non-hydrogen) atoms. The van der Waals surface area contributed by atoms with Gasteiger partial charge in [-0.1, -0.05) is 52.3 Å². The highest BCUT2D eigenvalue weighted by Crippen LogP contribution is 2.34. The molecule has 2 aliphatic rings. The van der Waals surface area contributed by atoms with Gasteiger partial charge in [0.25, 0.3) is 0 Å². The molecule has 0 heterocycles. The first kappa shape index (κ1) is 8.93. The molecule has 0 spiro atoms. The summed E-state index contributed by atoms with van der Waals surface area (Å²) < 4.78 is 1.13. The van der Waals surface area contributed by atoms with Gasteiger partial charge in [-0.25, -0.2) is 0 Å². The fourth-order valence-corrected chi connectivity index (χ4v) is 2.35. The normalized spacial score (nSPS) is 11.0. The minimum absolute atomic E-state index is 1.13. The summed E-state index contributed by atoms with van der Waals surface area (Å²) in [5.41, 5.74) is 2.62. The standard InChI is InChI=1S/C14H9Br/c15-12-7-6-11-8-10-4-2-1-3-5-13(10)14(11)9-12/h1-9H. The van der Waals surface area contributed by atoms with Gasteiger partial charge in [-0.15, -0.1) is 0 Å². The Bertz CT molecular complexity index is 598. The van der Waals surface area contributed by atoms with Gasteiger partial charge in [0.1, 0.15) is 0 Å². The van der Waals surface area contributed by atoms with Crippen molar-refractivity contribution < 1.29 is 0 Å². The molecule has 1 aromatic rings. The largest absolute Gasteiger partial charge is 0.0622 e. The molecule has 0 fully saturated rings. The van der Waals surface area contributed by atoms with E-state index in [0.29, 0.717) is 0 Å². The van der Waals surface area contributed by atoms with E-state index in [4.69, 9.17) is 0 Å². The van der Waals surface area contributed by atoms with E-state index < -0.39 is 0 Å². The van der Waals surface area contributed by atoms with Crippen LogP contribution in [-0.2, 0) is 0 Å². The minimum atomic E-state index is 1.13. The summed E-state index contributed by atoms with van der Waals surface area (Å²) in [6, 6.07) is 19.2. The first-order chi connectivity index (χ1) is 7.34. The first-order valence-electron chi connectivity index (χ1n) is 4.92. The van der Waals surface area contributed by atoms with Crippen LogP contribution >= 0.6 is 15.9 Å². The van der Waals surface area contributed by atoms with Gasteiger partial charge in [-0.2, -0.15) is 0 Å². The summed E-state index contributed by atoms with van der Waals surface area (Å²) in [5, 5.41) is 2.62. The molecule has 0 saturated heterocycles. The van der Waals surface area contributed by atoms with Crippen LogP contribution in [0, 0.1) is 0 Å². The van der Waals surface area contributed by atoms with Crippen molar-refractivity contribution in [1.82, 2.24) is 0 Å². The van der Waals surface area contributed by atoms with Crippen molar-refractivity contribution in [3.63, 3.8) is 0 Å². The molecule has 1 aromatic carbocycles. The van der Waals surface area contributed by atoms with E-state index >= 15 is 0 Å². The zero-order valence-electron chi connectivity index (χ0n) is 8.07. The van der Waals surface area contributed by atoms with Gasteiger partial charge in [-0.3, -0.25) is 0 Å². The molecule has 0 nitrogen and oxygen atoms in total. The Labute approximate surface area is 97.0 Å². The van der Waals surface area contributed by atoms with Crippen molar-refractivity contribution >= 4 is 26.7 Å². The van der Waals surface area contributed by atoms with Crippen LogP contribution < -0.4 is 0 Å². The molecule has 0 aromatic heterocycles. The van der Waals surface area contributed by atoms with Crippen molar-refractivity contribution in [3.8, 4) is 11.1 Å². The predicted octanol–water partition coefficient (Wildman–Crippen LogP) is 4.71. The zero-order chi connectivity index (χ0) is 10.3. The van der Waals surface area contributed by atoms with E-state index in [2.05, 4.69) is 70.5 Å². The average molecular weight is 257 g/mol. The monoisotopic (exact) mass is 256 g/mol. The SMILES string of the molecule is Brc1ccc2cc3cccccc-3c2c1. The summed E-state index contributed by atoms with van der Waals surface area (Å²) in [5.74, 6) is 0. The maximum Gasteiger partial charge on any atom is 0.0181 e. The Morgan fingerprint density at radius 2 is 1.67 bits per heavy atom. The number of benzene rings is 1. The number of rotatable bonds is 0. The Hall–Kier alpha value is -1.34. The predicted molar refractivity (Wildman–Crippen MR) is 68.3 cm³/mol. The molecule has 0 bridgehead atoms.